The lowest BCUT2D eigenvalue weighted by Gasteiger charge is -1.99. The van der Waals surface area contributed by atoms with E-state index in [1.165, 1.54) is 12.7 Å². The fourth-order valence-corrected chi connectivity index (χ4v) is 0.760. The fourth-order valence-electron chi connectivity index (χ4n) is 0.760. The summed E-state index contributed by atoms with van der Waals surface area (Å²) < 4.78 is 0. The van der Waals surface area contributed by atoms with Crippen molar-refractivity contribution in [1.82, 2.24) is 0 Å². The van der Waals surface area contributed by atoms with Crippen molar-refractivity contribution >= 4 is 5.69 Å². The standard InChI is InChI=1S/C8H11N.CH5N/c1-2-9-8-6-4-3-5-7-8;1-2/h3-7,9H,2H2,1H3;2H2,1H3. The molecule has 1 rings (SSSR count). The predicted molar refractivity (Wildman–Crippen MR) is 50.7 cm³/mol. The van der Waals surface area contributed by atoms with Gasteiger partial charge < -0.3 is 11.1 Å². The summed E-state index contributed by atoms with van der Waals surface area (Å²) in [6.07, 6.45) is 0. The van der Waals surface area contributed by atoms with Crippen LogP contribution in [0.1, 0.15) is 6.92 Å². The minimum absolute atomic E-state index is 0.990. The zero-order valence-corrected chi connectivity index (χ0v) is 7.17. The number of nitrogens with two attached hydrogens (primary N) is 1. The Hall–Kier alpha value is -1.02. The first-order chi connectivity index (χ1) is 5.43. The quantitative estimate of drug-likeness (QED) is 0.676. The number of hydrogen-bond donors (Lipinski definition) is 2. The molecule has 0 atom stereocenters. The largest absolute Gasteiger partial charge is 0.385 e. The van der Waals surface area contributed by atoms with E-state index in [9.17, 15) is 0 Å². The van der Waals surface area contributed by atoms with Crippen molar-refractivity contribution in [3.05, 3.63) is 30.3 Å². The van der Waals surface area contributed by atoms with Gasteiger partial charge in [-0.15, -0.1) is 0 Å². The minimum atomic E-state index is 0.990. The lowest BCUT2D eigenvalue weighted by atomic mass is 10.3. The van der Waals surface area contributed by atoms with Crippen molar-refractivity contribution < 1.29 is 0 Å². The maximum absolute atomic E-state index is 4.50. The first-order valence-electron chi connectivity index (χ1n) is 3.80. The second-order valence-corrected chi connectivity index (χ2v) is 1.90. The molecular formula is C9H16N2. The summed E-state index contributed by atoms with van der Waals surface area (Å²) in [5.41, 5.74) is 5.69. The molecule has 0 heterocycles. The highest BCUT2D eigenvalue weighted by Crippen LogP contribution is 2.02. The average Bonchev–Trinajstić information content (AvgIpc) is 2.11. The Kier molecular flexibility index (Phi) is 6.43. The normalized spacial score (nSPS) is 7.91. The second kappa shape index (κ2) is 7.09. The van der Waals surface area contributed by atoms with Crippen molar-refractivity contribution in [3.8, 4) is 0 Å². The van der Waals surface area contributed by atoms with Gasteiger partial charge in [0.1, 0.15) is 0 Å². The van der Waals surface area contributed by atoms with Gasteiger partial charge in [-0.3, -0.25) is 0 Å². The maximum atomic E-state index is 4.50. The molecule has 62 valence electrons. The van der Waals surface area contributed by atoms with Gasteiger partial charge in [-0.25, -0.2) is 0 Å². The molecule has 0 saturated heterocycles. The topological polar surface area (TPSA) is 38.0 Å². The van der Waals surface area contributed by atoms with Gasteiger partial charge in [0.15, 0.2) is 0 Å². The van der Waals surface area contributed by atoms with E-state index in [0.29, 0.717) is 0 Å². The van der Waals surface area contributed by atoms with Crippen molar-refractivity contribution in [3.63, 3.8) is 0 Å². The molecule has 0 fully saturated rings. The molecular weight excluding hydrogens is 136 g/mol. The van der Waals surface area contributed by atoms with Crippen LogP contribution in [0.5, 0.6) is 0 Å². The molecule has 1 aromatic carbocycles. The lowest BCUT2D eigenvalue weighted by Crippen LogP contribution is -1.94. The van der Waals surface area contributed by atoms with Crippen LogP contribution in [0.4, 0.5) is 5.69 Å². The summed E-state index contributed by atoms with van der Waals surface area (Å²) >= 11 is 0. The number of para-hydroxylation sites is 1. The fraction of sp³-hybridized carbons (Fsp3) is 0.333. The summed E-state index contributed by atoms with van der Waals surface area (Å²) in [5, 5.41) is 3.21. The van der Waals surface area contributed by atoms with Gasteiger partial charge in [-0.1, -0.05) is 18.2 Å². The number of nitrogens with one attached hydrogen (secondary N) is 1. The Labute approximate surface area is 68.4 Å². The van der Waals surface area contributed by atoms with Crippen LogP contribution in [0, 0.1) is 0 Å². The highest BCUT2D eigenvalue weighted by molar-refractivity contribution is 5.41. The van der Waals surface area contributed by atoms with Crippen LogP contribution in [-0.4, -0.2) is 13.6 Å². The molecule has 0 aliphatic rings. The third kappa shape index (κ3) is 4.39. The number of hydrogen-bond acceptors (Lipinski definition) is 2. The zero-order chi connectivity index (χ0) is 8.53. The van der Waals surface area contributed by atoms with Gasteiger partial charge in [0, 0.05) is 12.2 Å². The van der Waals surface area contributed by atoms with E-state index in [2.05, 4.69) is 30.1 Å². The molecule has 0 saturated carbocycles. The van der Waals surface area contributed by atoms with Crippen LogP contribution in [0.3, 0.4) is 0 Å². The summed E-state index contributed by atoms with van der Waals surface area (Å²) in [6, 6.07) is 10.2. The molecule has 1 aromatic rings. The Morgan fingerprint density at radius 3 is 2.18 bits per heavy atom. The van der Waals surface area contributed by atoms with Crippen LogP contribution < -0.4 is 11.1 Å². The third-order valence-electron chi connectivity index (χ3n) is 1.15. The molecule has 2 nitrogen and oxygen atoms in total. The van der Waals surface area contributed by atoms with E-state index < -0.39 is 0 Å². The molecule has 0 aromatic heterocycles. The van der Waals surface area contributed by atoms with Crippen molar-refractivity contribution in [2.24, 2.45) is 5.73 Å². The molecule has 0 unspecified atom stereocenters. The molecule has 3 N–H and O–H groups in total. The Balaban J connectivity index is 0.000000461. The summed E-state index contributed by atoms with van der Waals surface area (Å²) in [6.45, 7) is 3.08. The van der Waals surface area contributed by atoms with Gasteiger partial charge >= 0.3 is 0 Å². The second-order valence-electron chi connectivity index (χ2n) is 1.90. The van der Waals surface area contributed by atoms with Crippen LogP contribution in [0.2, 0.25) is 0 Å². The lowest BCUT2D eigenvalue weighted by molar-refractivity contribution is 1.21. The minimum Gasteiger partial charge on any atom is -0.385 e. The Bertz CT molecular complexity index is 160. The SMILES string of the molecule is CCNc1ccccc1.CN. The van der Waals surface area contributed by atoms with Crippen LogP contribution in [0.15, 0.2) is 30.3 Å². The molecule has 0 amide bonds. The first-order valence-corrected chi connectivity index (χ1v) is 3.80. The molecule has 0 bridgehead atoms. The van der Waals surface area contributed by atoms with Gasteiger partial charge in [-0.05, 0) is 26.1 Å². The molecule has 0 aliphatic heterocycles. The summed E-state index contributed by atoms with van der Waals surface area (Å²) in [4.78, 5) is 0. The van der Waals surface area contributed by atoms with Crippen molar-refractivity contribution in [2.45, 2.75) is 6.92 Å². The van der Waals surface area contributed by atoms with E-state index in [1.54, 1.807) is 0 Å². The summed E-state index contributed by atoms with van der Waals surface area (Å²) in [7, 11) is 1.50. The first kappa shape index (κ1) is 9.98. The zero-order valence-electron chi connectivity index (χ0n) is 7.17. The van der Waals surface area contributed by atoms with E-state index >= 15 is 0 Å². The predicted octanol–water partition coefficient (Wildman–Crippen LogP) is 1.69. The highest BCUT2D eigenvalue weighted by atomic mass is 14.8. The van der Waals surface area contributed by atoms with Crippen molar-refractivity contribution in [1.29, 1.82) is 0 Å². The number of rotatable bonds is 2. The molecule has 2 heteroatoms. The van der Waals surface area contributed by atoms with E-state index in [0.717, 1.165) is 6.54 Å². The molecule has 0 radical (unpaired) electrons. The smallest absolute Gasteiger partial charge is 0.0340 e. The van der Waals surface area contributed by atoms with E-state index in [-0.39, 0.29) is 0 Å². The number of benzene rings is 1. The Morgan fingerprint density at radius 1 is 1.18 bits per heavy atom. The number of anilines is 1. The van der Waals surface area contributed by atoms with Crippen molar-refractivity contribution in [2.75, 3.05) is 18.9 Å². The monoisotopic (exact) mass is 152 g/mol. The molecule has 11 heavy (non-hydrogen) atoms. The van der Waals surface area contributed by atoms with E-state index in [4.69, 9.17) is 0 Å². The Morgan fingerprint density at radius 2 is 1.73 bits per heavy atom. The van der Waals surface area contributed by atoms with Crippen LogP contribution in [-0.2, 0) is 0 Å². The van der Waals surface area contributed by atoms with Crippen LogP contribution in [0.25, 0.3) is 0 Å². The molecule has 0 spiro atoms. The van der Waals surface area contributed by atoms with Gasteiger partial charge in [0.2, 0.25) is 0 Å². The maximum Gasteiger partial charge on any atom is 0.0340 e. The third-order valence-corrected chi connectivity index (χ3v) is 1.15. The van der Waals surface area contributed by atoms with Crippen LogP contribution >= 0.6 is 0 Å². The van der Waals surface area contributed by atoms with Gasteiger partial charge in [-0.2, -0.15) is 0 Å². The van der Waals surface area contributed by atoms with E-state index in [1.807, 2.05) is 18.2 Å². The van der Waals surface area contributed by atoms with Gasteiger partial charge in [0.05, 0.1) is 0 Å². The summed E-state index contributed by atoms with van der Waals surface area (Å²) in [5.74, 6) is 0. The average molecular weight is 152 g/mol. The highest BCUT2D eigenvalue weighted by Gasteiger charge is 1.81. The molecule has 0 aliphatic carbocycles. The van der Waals surface area contributed by atoms with Gasteiger partial charge in [0.25, 0.3) is 0 Å².